The minimum absolute atomic E-state index is 0.304. The molecular formula is C17H19BrClN3O3. The Morgan fingerprint density at radius 3 is 2.72 bits per heavy atom. The highest BCUT2D eigenvalue weighted by Gasteiger charge is 2.52. The maximum atomic E-state index is 12.7. The third-order valence-electron chi connectivity index (χ3n) is 4.88. The summed E-state index contributed by atoms with van der Waals surface area (Å²) in [6, 6.07) is 4.55. The summed E-state index contributed by atoms with van der Waals surface area (Å²) in [5.74, 6) is -0.220. The van der Waals surface area contributed by atoms with Gasteiger partial charge >= 0.3 is 6.03 Å². The van der Waals surface area contributed by atoms with E-state index in [0.29, 0.717) is 29.5 Å². The second-order valence-electron chi connectivity index (χ2n) is 6.76. The van der Waals surface area contributed by atoms with Gasteiger partial charge in [-0.05, 0) is 49.8 Å². The van der Waals surface area contributed by atoms with Gasteiger partial charge in [0.1, 0.15) is 12.1 Å². The third kappa shape index (κ3) is 3.67. The van der Waals surface area contributed by atoms with Crippen LogP contribution in [0.5, 0.6) is 0 Å². The molecule has 134 valence electrons. The number of carbonyl (C=O) groups is 3. The summed E-state index contributed by atoms with van der Waals surface area (Å²) < 4.78 is 0.790. The van der Waals surface area contributed by atoms with Crippen molar-refractivity contribution in [3.05, 3.63) is 27.7 Å². The fourth-order valence-electron chi connectivity index (χ4n) is 3.34. The van der Waals surface area contributed by atoms with Gasteiger partial charge in [-0.25, -0.2) is 4.79 Å². The Balaban J connectivity index is 1.67. The Hall–Kier alpha value is -1.60. The molecule has 6 nitrogen and oxygen atoms in total. The summed E-state index contributed by atoms with van der Waals surface area (Å²) >= 11 is 9.36. The molecule has 2 N–H and O–H groups in total. The molecule has 3 rings (SSSR count). The Kier molecular flexibility index (Phi) is 5.06. The summed E-state index contributed by atoms with van der Waals surface area (Å²) in [7, 11) is 0. The lowest BCUT2D eigenvalue weighted by molar-refractivity contribution is -0.135. The number of amides is 4. The number of hydrogen-bond acceptors (Lipinski definition) is 3. The Labute approximate surface area is 159 Å². The molecule has 2 fully saturated rings. The van der Waals surface area contributed by atoms with Crippen LogP contribution in [0, 0.1) is 5.92 Å². The van der Waals surface area contributed by atoms with Gasteiger partial charge in [0.2, 0.25) is 5.91 Å². The molecule has 4 amide bonds. The van der Waals surface area contributed by atoms with Crippen LogP contribution >= 0.6 is 27.5 Å². The molecule has 1 aromatic carbocycles. The van der Waals surface area contributed by atoms with Crippen molar-refractivity contribution < 1.29 is 14.4 Å². The van der Waals surface area contributed by atoms with Crippen molar-refractivity contribution in [3.8, 4) is 0 Å². The van der Waals surface area contributed by atoms with Crippen molar-refractivity contribution in [3.63, 3.8) is 0 Å². The number of nitrogens with zero attached hydrogens (tertiary/aromatic N) is 1. The number of anilines is 1. The van der Waals surface area contributed by atoms with E-state index in [4.69, 9.17) is 11.6 Å². The van der Waals surface area contributed by atoms with E-state index < -0.39 is 17.5 Å². The van der Waals surface area contributed by atoms with Crippen LogP contribution in [-0.4, -0.2) is 34.8 Å². The van der Waals surface area contributed by atoms with Crippen LogP contribution in [0.15, 0.2) is 22.7 Å². The van der Waals surface area contributed by atoms with Gasteiger partial charge in [0.25, 0.3) is 5.91 Å². The lowest BCUT2D eigenvalue weighted by Crippen LogP contribution is -2.49. The van der Waals surface area contributed by atoms with Gasteiger partial charge in [0.15, 0.2) is 0 Å². The average molecular weight is 429 g/mol. The molecule has 1 aromatic rings. The van der Waals surface area contributed by atoms with Gasteiger partial charge in [-0.3, -0.25) is 14.5 Å². The second-order valence-corrected chi connectivity index (χ2v) is 8.08. The van der Waals surface area contributed by atoms with Crippen LogP contribution in [0.4, 0.5) is 10.5 Å². The quantitative estimate of drug-likeness (QED) is 0.723. The zero-order valence-corrected chi connectivity index (χ0v) is 16.1. The number of rotatable bonds is 3. The summed E-state index contributed by atoms with van der Waals surface area (Å²) in [4.78, 5) is 38.2. The van der Waals surface area contributed by atoms with Crippen molar-refractivity contribution in [2.45, 2.75) is 38.1 Å². The van der Waals surface area contributed by atoms with Crippen LogP contribution in [0.1, 0.15) is 32.6 Å². The molecule has 1 heterocycles. The molecule has 0 bridgehead atoms. The maximum Gasteiger partial charge on any atom is 0.325 e. The summed E-state index contributed by atoms with van der Waals surface area (Å²) in [6.45, 7) is 1.82. The smallest absolute Gasteiger partial charge is 0.323 e. The molecule has 1 saturated heterocycles. The van der Waals surface area contributed by atoms with Crippen LogP contribution in [-0.2, 0) is 9.59 Å². The third-order valence-corrected chi connectivity index (χ3v) is 5.69. The number of hydrogen-bond donors (Lipinski definition) is 2. The van der Waals surface area contributed by atoms with Crippen LogP contribution < -0.4 is 10.6 Å². The molecule has 1 aliphatic carbocycles. The topological polar surface area (TPSA) is 78.5 Å². The van der Waals surface area contributed by atoms with Crippen LogP contribution in [0.3, 0.4) is 0 Å². The fraction of sp³-hybridized carbons (Fsp3) is 0.471. The SMILES string of the molecule is CC1CCC2(CC1)NC(=O)N(CC(=O)Nc1ccc(Br)cc1Cl)C2=O. The molecule has 25 heavy (non-hydrogen) atoms. The van der Waals surface area contributed by atoms with Crippen LogP contribution in [0.25, 0.3) is 0 Å². The molecule has 0 unspecified atom stereocenters. The molecule has 0 radical (unpaired) electrons. The normalized spacial score (nSPS) is 26.0. The van der Waals surface area contributed by atoms with E-state index in [0.717, 1.165) is 22.2 Å². The maximum absolute atomic E-state index is 12.7. The fourth-order valence-corrected chi connectivity index (χ4v) is 4.06. The second kappa shape index (κ2) is 6.96. The molecule has 1 aliphatic heterocycles. The predicted molar refractivity (Wildman–Crippen MR) is 98.4 cm³/mol. The standard InChI is InChI=1S/C17H19BrClN3O3/c1-10-4-6-17(7-5-10)15(24)22(16(25)21-17)9-14(23)20-13-3-2-11(18)8-12(13)19/h2-3,8,10H,4-7,9H2,1H3,(H,20,23)(H,21,25). The van der Waals surface area contributed by atoms with E-state index in [1.165, 1.54) is 0 Å². The summed E-state index contributed by atoms with van der Waals surface area (Å²) in [5.41, 5.74) is -0.401. The first-order chi connectivity index (χ1) is 11.8. The lowest BCUT2D eigenvalue weighted by atomic mass is 9.77. The number of benzene rings is 1. The molecule has 0 aromatic heterocycles. The molecule has 1 saturated carbocycles. The number of carbonyl (C=O) groups excluding carboxylic acids is 3. The summed E-state index contributed by atoms with van der Waals surface area (Å²) in [6.07, 6.45) is 3.02. The van der Waals surface area contributed by atoms with E-state index in [1.54, 1.807) is 18.2 Å². The lowest BCUT2D eigenvalue weighted by Gasteiger charge is -2.33. The Morgan fingerprint density at radius 2 is 2.08 bits per heavy atom. The van der Waals surface area contributed by atoms with E-state index in [1.807, 2.05) is 0 Å². The number of nitrogens with one attached hydrogen (secondary N) is 2. The molecule has 0 atom stereocenters. The van der Waals surface area contributed by atoms with Crippen LogP contribution in [0.2, 0.25) is 5.02 Å². The number of urea groups is 1. The van der Waals surface area contributed by atoms with E-state index in [9.17, 15) is 14.4 Å². The van der Waals surface area contributed by atoms with Crippen molar-refractivity contribution in [1.29, 1.82) is 0 Å². The number of halogens is 2. The largest absolute Gasteiger partial charge is 0.325 e. The van der Waals surface area contributed by atoms with Gasteiger partial charge in [-0.2, -0.15) is 0 Å². The number of imide groups is 1. The van der Waals surface area contributed by atoms with Gasteiger partial charge < -0.3 is 10.6 Å². The monoisotopic (exact) mass is 427 g/mol. The first-order valence-electron chi connectivity index (χ1n) is 8.20. The first-order valence-corrected chi connectivity index (χ1v) is 9.37. The molecule has 8 heteroatoms. The van der Waals surface area contributed by atoms with E-state index in [-0.39, 0.29) is 12.5 Å². The highest BCUT2D eigenvalue weighted by molar-refractivity contribution is 9.10. The van der Waals surface area contributed by atoms with Crippen molar-refractivity contribution >= 4 is 51.1 Å². The van der Waals surface area contributed by atoms with Crippen molar-refractivity contribution in [1.82, 2.24) is 10.2 Å². The average Bonchev–Trinajstić information content (AvgIpc) is 2.78. The van der Waals surface area contributed by atoms with Crippen molar-refractivity contribution in [2.24, 2.45) is 5.92 Å². The van der Waals surface area contributed by atoms with Gasteiger partial charge in [-0.15, -0.1) is 0 Å². The molecule has 1 spiro atoms. The summed E-state index contributed by atoms with van der Waals surface area (Å²) in [5, 5.41) is 5.81. The van der Waals surface area contributed by atoms with E-state index >= 15 is 0 Å². The molecular weight excluding hydrogens is 410 g/mol. The Bertz CT molecular complexity index is 732. The van der Waals surface area contributed by atoms with Crippen molar-refractivity contribution in [2.75, 3.05) is 11.9 Å². The first kappa shape index (κ1) is 18.2. The minimum atomic E-state index is -0.834. The zero-order chi connectivity index (χ0) is 18.2. The van der Waals surface area contributed by atoms with E-state index in [2.05, 4.69) is 33.5 Å². The van der Waals surface area contributed by atoms with Gasteiger partial charge in [0, 0.05) is 4.47 Å². The highest BCUT2D eigenvalue weighted by Crippen LogP contribution is 2.36. The highest BCUT2D eigenvalue weighted by atomic mass is 79.9. The Morgan fingerprint density at radius 1 is 1.40 bits per heavy atom. The predicted octanol–water partition coefficient (Wildman–Crippen LogP) is 3.54. The zero-order valence-electron chi connectivity index (χ0n) is 13.8. The minimum Gasteiger partial charge on any atom is -0.323 e. The van der Waals surface area contributed by atoms with Gasteiger partial charge in [0.05, 0.1) is 10.7 Å². The van der Waals surface area contributed by atoms with Gasteiger partial charge in [-0.1, -0.05) is 34.5 Å². The molecule has 2 aliphatic rings.